The molecule has 2 amide bonds. The Hall–Kier alpha value is -2.87. The summed E-state index contributed by atoms with van der Waals surface area (Å²) in [6.07, 6.45) is 4.77. The Balaban J connectivity index is 2.18. The number of H-pyrrole nitrogens is 1. The zero-order valence-electron chi connectivity index (χ0n) is 15.9. The molecule has 0 saturated heterocycles. The molecule has 1 aromatic heterocycles. The van der Waals surface area contributed by atoms with Crippen molar-refractivity contribution in [3.05, 3.63) is 30.2 Å². The van der Waals surface area contributed by atoms with Crippen LogP contribution in [0.2, 0.25) is 0 Å². The van der Waals surface area contributed by atoms with Crippen LogP contribution in [0.4, 0.5) is 16.2 Å². The van der Waals surface area contributed by atoms with Gasteiger partial charge in [0.25, 0.3) is 0 Å². The molecule has 0 bridgehead atoms. The Morgan fingerprint density at radius 3 is 2.81 bits per heavy atom. The smallest absolute Gasteiger partial charge is 0.411 e. The van der Waals surface area contributed by atoms with Crippen molar-refractivity contribution >= 4 is 23.9 Å². The average Bonchev–Trinajstić information content (AvgIpc) is 3.11. The zero-order chi connectivity index (χ0) is 19.8. The van der Waals surface area contributed by atoms with Gasteiger partial charge < -0.3 is 20.8 Å². The topological polar surface area (TPSA) is 122 Å². The summed E-state index contributed by atoms with van der Waals surface area (Å²) < 4.78 is 4.57. The number of aromatic nitrogens is 2. The predicted molar refractivity (Wildman–Crippen MR) is 105 cm³/mol. The van der Waals surface area contributed by atoms with Crippen LogP contribution >= 0.6 is 0 Å². The highest BCUT2D eigenvalue weighted by Crippen LogP contribution is 2.30. The number of rotatable bonds is 9. The molecule has 146 valence electrons. The highest BCUT2D eigenvalue weighted by molar-refractivity contribution is 5.90. The van der Waals surface area contributed by atoms with Gasteiger partial charge in [0.2, 0.25) is 6.41 Å². The molecule has 0 fully saturated rings. The first-order valence-electron chi connectivity index (χ1n) is 8.95. The lowest BCUT2D eigenvalue weighted by Crippen LogP contribution is -2.12. The van der Waals surface area contributed by atoms with E-state index in [0.717, 1.165) is 24.8 Å². The quantitative estimate of drug-likeness (QED) is 0.500. The molecule has 8 nitrogen and oxygen atoms in total. The molecule has 0 spiro atoms. The van der Waals surface area contributed by atoms with E-state index in [9.17, 15) is 9.59 Å². The molecule has 8 heteroatoms. The molecule has 1 aromatic carbocycles. The van der Waals surface area contributed by atoms with Crippen molar-refractivity contribution in [2.24, 2.45) is 11.7 Å². The minimum atomic E-state index is -0.589. The van der Waals surface area contributed by atoms with Crippen molar-refractivity contribution in [2.75, 3.05) is 17.7 Å². The number of nitrogens with one attached hydrogen (secondary N) is 3. The van der Waals surface area contributed by atoms with Crippen molar-refractivity contribution < 1.29 is 14.3 Å². The number of aromatic amines is 1. The molecule has 2 aromatic rings. The lowest BCUT2D eigenvalue weighted by Gasteiger charge is -2.11. The van der Waals surface area contributed by atoms with Crippen LogP contribution in [-0.2, 0) is 9.53 Å². The second kappa shape index (κ2) is 9.72. The molecule has 0 aliphatic carbocycles. The summed E-state index contributed by atoms with van der Waals surface area (Å²) in [6, 6.07) is 4.94. The summed E-state index contributed by atoms with van der Waals surface area (Å²) in [4.78, 5) is 30.0. The molecule has 0 aliphatic rings. The number of hydrogen-bond donors (Lipinski definition) is 4. The minimum absolute atomic E-state index is 0.166. The zero-order valence-corrected chi connectivity index (χ0v) is 15.9. The fourth-order valence-electron chi connectivity index (χ4n) is 2.74. The number of hydrogen-bond acceptors (Lipinski definition) is 5. The van der Waals surface area contributed by atoms with Gasteiger partial charge >= 0.3 is 6.09 Å². The maximum absolute atomic E-state index is 11.4. The molecule has 0 saturated carbocycles. The molecule has 2 rings (SSSR count). The van der Waals surface area contributed by atoms with E-state index in [2.05, 4.69) is 39.2 Å². The maximum atomic E-state index is 11.4. The van der Waals surface area contributed by atoms with E-state index < -0.39 is 6.09 Å². The molecular weight excluding hydrogens is 346 g/mol. The summed E-state index contributed by atoms with van der Waals surface area (Å²) in [6.45, 7) is 4.38. The molecule has 5 N–H and O–H groups in total. The summed E-state index contributed by atoms with van der Waals surface area (Å²) in [5.41, 5.74) is 8.63. The van der Waals surface area contributed by atoms with Crippen molar-refractivity contribution in [2.45, 2.75) is 39.2 Å². The van der Waals surface area contributed by atoms with E-state index in [1.807, 2.05) is 0 Å². The fourth-order valence-corrected chi connectivity index (χ4v) is 2.74. The van der Waals surface area contributed by atoms with Crippen molar-refractivity contribution in [1.82, 2.24) is 9.97 Å². The second-order valence-corrected chi connectivity index (χ2v) is 6.74. The van der Waals surface area contributed by atoms with Crippen molar-refractivity contribution in [1.29, 1.82) is 0 Å². The minimum Gasteiger partial charge on any atom is -0.453 e. The number of nitrogens with zero attached hydrogens (tertiary/aromatic N) is 1. The van der Waals surface area contributed by atoms with Crippen LogP contribution in [0.3, 0.4) is 0 Å². The number of methoxy groups -OCH3 is 1. The van der Waals surface area contributed by atoms with Crippen molar-refractivity contribution in [3.63, 3.8) is 0 Å². The Labute approximate surface area is 158 Å². The number of carbonyl (C=O) groups excluding carboxylic acids is 2. The average molecular weight is 373 g/mol. The van der Waals surface area contributed by atoms with Gasteiger partial charge in [0.1, 0.15) is 5.82 Å². The van der Waals surface area contributed by atoms with Gasteiger partial charge in [-0.25, -0.2) is 9.78 Å². The largest absolute Gasteiger partial charge is 0.453 e. The number of carbonyl (C=O) groups is 2. The van der Waals surface area contributed by atoms with E-state index in [1.165, 1.54) is 7.11 Å². The Bertz CT molecular complexity index is 772. The summed E-state index contributed by atoms with van der Waals surface area (Å²) in [7, 11) is 1.28. The van der Waals surface area contributed by atoms with Gasteiger partial charge in [-0.1, -0.05) is 26.7 Å². The maximum Gasteiger partial charge on any atom is 0.411 e. The summed E-state index contributed by atoms with van der Waals surface area (Å²) in [5, 5.41) is 5.19. The lowest BCUT2D eigenvalue weighted by atomic mass is 10.0. The highest BCUT2D eigenvalue weighted by Gasteiger charge is 2.14. The van der Waals surface area contributed by atoms with E-state index in [4.69, 9.17) is 5.73 Å². The number of imidazole rings is 1. The van der Waals surface area contributed by atoms with E-state index in [1.54, 1.807) is 24.4 Å². The van der Waals surface area contributed by atoms with Crippen LogP contribution in [0.5, 0.6) is 0 Å². The van der Waals surface area contributed by atoms with Gasteiger partial charge in [-0.3, -0.25) is 10.1 Å². The molecule has 0 aliphatic heterocycles. The third kappa shape index (κ3) is 5.82. The molecule has 27 heavy (non-hydrogen) atoms. The van der Waals surface area contributed by atoms with Gasteiger partial charge in [0.15, 0.2) is 0 Å². The number of nitrogens with two attached hydrogens (primary N) is 1. The van der Waals surface area contributed by atoms with Crippen molar-refractivity contribution in [3.8, 4) is 11.3 Å². The molecule has 1 heterocycles. The van der Waals surface area contributed by atoms with E-state index >= 15 is 0 Å². The van der Waals surface area contributed by atoms with E-state index in [-0.39, 0.29) is 6.04 Å². The Morgan fingerprint density at radius 2 is 2.15 bits per heavy atom. The Kier molecular flexibility index (Phi) is 7.36. The third-order valence-corrected chi connectivity index (χ3v) is 4.19. The summed E-state index contributed by atoms with van der Waals surface area (Å²) >= 11 is 0. The van der Waals surface area contributed by atoms with Gasteiger partial charge in [0.05, 0.1) is 24.5 Å². The number of amides is 2. The lowest BCUT2D eigenvalue weighted by molar-refractivity contribution is -0.105. The van der Waals surface area contributed by atoms with Gasteiger partial charge in [-0.05, 0) is 30.5 Å². The predicted octanol–water partition coefficient (Wildman–Crippen LogP) is 3.65. The van der Waals surface area contributed by atoms with Crippen LogP contribution in [-0.4, -0.2) is 29.6 Å². The van der Waals surface area contributed by atoms with E-state index in [0.29, 0.717) is 35.2 Å². The third-order valence-electron chi connectivity index (χ3n) is 4.19. The molecule has 0 unspecified atom stereocenters. The van der Waals surface area contributed by atoms with Gasteiger partial charge in [-0.2, -0.15) is 0 Å². The standard InChI is InChI=1S/C19H27N5O3/c1-12(2)5-4-6-15(20)18-21-10-17(24-18)14-8-7-13(23-19(26)27-3)9-16(14)22-11-25/h7-12,15H,4-6,20H2,1-3H3,(H,21,24)(H,22,25)(H,23,26)/t15-/m0/s1. The Morgan fingerprint density at radius 1 is 1.37 bits per heavy atom. The molecule has 1 atom stereocenters. The SMILES string of the molecule is COC(=O)Nc1ccc(-c2c[nH]c([C@@H](N)CCCC(C)C)n2)c(NC=O)c1. The van der Waals surface area contributed by atoms with Crippen LogP contribution < -0.4 is 16.4 Å². The fraction of sp³-hybridized carbons (Fsp3) is 0.421. The van der Waals surface area contributed by atoms with Gasteiger partial charge in [0, 0.05) is 17.4 Å². The first kappa shape index (κ1) is 20.4. The molecule has 0 radical (unpaired) electrons. The monoisotopic (exact) mass is 373 g/mol. The highest BCUT2D eigenvalue weighted by atomic mass is 16.5. The number of ether oxygens (including phenoxy) is 1. The van der Waals surface area contributed by atoms with Crippen LogP contribution in [0, 0.1) is 5.92 Å². The number of anilines is 2. The summed E-state index contributed by atoms with van der Waals surface area (Å²) in [5.74, 6) is 1.36. The van der Waals surface area contributed by atoms with Gasteiger partial charge in [-0.15, -0.1) is 0 Å². The first-order valence-corrected chi connectivity index (χ1v) is 8.95. The van der Waals surface area contributed by atoms with Crippen LogP contribution in [0.1, 0.15) is 45.0 Å². The second-order valence-electron chi connectivity index (χ2n) is 6.74. The number of benzene rings is 1. The van der Waals surface area contributed by atoms with Crippen LogP contribution in [0.25, 0.3) is 11.3 Å². The molecular formula is C19H27N5O3. The van der Waals surface area contributed by atoms with Crippen LogP contribution in [0.15, 0.2) is 24.4 Å². The first-order chi connectivity index (χ1) is 12.9. The normalized spacial score (nSPS) is 11.9.